The van der Waals surface area contributed by atoms with Crippen LogP contribution in [0, 0.1) is 6.92 Å². The molecule has 1 aromatic heterocycles. The van der Waals surface area contributed by atoms with Crippen LogP contribution in [0.25, 0.3) is 10.9 Å². The summed E-state index contributed by atoms with van der Waals surface area (Å²) in [5.74, 6) is -0.772. The molecule has 32 heavy (non-hydrogen) atoms. The molecule has 0 unspecified atom stereocenters. The van der Waals surface area contributed by atoms with Crippen LogP contribution in [0.4, 0.5) is 0 Å². The van der Waals surface area contributed by atoms with Gasteiger partial charge in [0.1, 0.15) is 12.3 Å². The third kappa shape index (κ3) is 4.89. The molecule has 0 saturated carbocycles. The lowest BCUT2D eigenvalue weighted by molar-refractivity contribution is -0.143. The highest BCUT2D eigenvalue weighted by Crippen LogP contribution is 2.35. The molecule has 0 radical (unpaired) electrons. The number of nitrogens with one attached hydrogen (secondary N) is 1. The van der Waals surface area contributed by atoms with Gasteiger partial charge in [0, 0.05) is 21.7 Å². The second-order valence-electron chi connectivity index (χ2n) is 6.97. The Morgan fingerprint density at radius 2 is 1.78 bits per heavy atom. The molecule has 0 atom stereocenters. The van der Waals surface area contributed by atoms with Gasteiger partial charge in [-0.25, -0.2) is 0 Å². The van der Waals surface area contributed by atoms with Gasteiger partial charge in [-0.05, 0) is 55.8 Å². The number of halogens is 2. The fourth-order valence-electron chi connectivity index (χ4n) is 3.45. The first kappa shape index (κ1) is 23.6. The van der Waals surface area contributed by atoms with E-state index in [4.69, 9.17) is 32.7 Å². The fourth-order valence-corrected chi connectivity index (χ4v) is 3.81. The van der Waals surface area contributed by atoms with Crippen molar-refractivity contribution < 1.29 is 23.9 Å². The third-order valence-corrected chi connectivity index (χ3v) is 5.52. The fraction of sp³-hybridized carbons (Fsp3) is 0.261. The normalized spacial score (nSPS) is 10.8. The molecule has 0 fully saturated rings. The number of aromatic nitrogens is 1. The number of carbonyl (C=O) groups excluding carboxylic acids is 3. The molecule has 2 aromatic carbocycles. The summed E-state index contributed by atoms with van der Waals surface area (Å²) in [6.45, 7) is 3.44. The monoisotopic (exact) mass is 476 g/mol. The standard InChI is InChI=1S/C23H22Cl2N2O5/c1-4-32-22(29)12-26-21(28)10-16-13(2)27(23(30)14-5-7-15(24)8-6-14)19-11-18(25)20(31-3)9-17(16)19/h5-9,11H,4,10,12H2,1-3H3,(H,26,28). The third-order valence-electron chi connectivity index (χ3n) is 4.98. The average Bonchev–Trinajstić information content (AvgIpc) is 3.02. The molecular formula is C23H22Cl2N2O5. The Morgan fingerprint density at radius 1 is 1.09 bits per heavy atom. The van der Waals surface area contributed by atoms with E-state index < -0.39 is 5.97 Å². The van der Waals surface area contributed by atoms with Crippen LogP contribution in [0.15, 0.2) is 36.4 Å². The Morgan fingerprint density at radius 3 is 2.41 bits per heavy atom. The van der Waals surface area contributed by atoms with E-state index in [0.717, 1.165) is 0 Å². The quantitative estimate of drug-likeness (QED) is 0.516. The van der Waals surface area contributed by atoms with Crippen LogP contribution in [0.1, 0.15) is 28.5 Å². The number of esters is 1. The van der Waals surface area contributed by atoms with Crippen LogP contribution in [0.3, 0.4) is 0 Å². The van der Waals surface area contributed by atoms with Gasteiger partial charge in [-0.2, -0.15) is 0 Å². The summed E-state index contributed by atoms with van der Waals surface area (Å²) < 4.78 is 11.7. The maximum atomic E-state index is 13.3. The lowest BCUT2D eigenvalue weighted by atomic mass is 10.1. The molecule has 0 saturated heterocycles. The van der Waals surface area contributed by atoms with E-state index in [-0.39, 0.29) is 31.4 Å². The first-order valence-corrected chi connectivity index (χ1v) is 10.6. The number of benzene rings is 2. The van der Waals surface area contributed by atoms with E-state index in [1.807, 2.05) is 0 Å². The SMILES string of the molecule is CCOC(=O)CNC(=O)Cc1c(C)n(C(=O)c2ccc(Cl)cc2)c2cc(Cl)c(OC)cc12. The van der Waals surface area contributed by atoms with Gasteiger partial charge in [0.25, 0.3) is 5.91 Å². The largest absolute Gasteiger partial charge is 0.495 e. The van der Waals surface area contributed by atoms with Crippen LogP contribution in [-0.4, -0.2) is 42.6 Å². The van der Waals surface area contributed by atoms with Gasteiger partial charge >= 0.3 is 5.97 Å². The lowest BCUT2D eigenvalue weighted by Gasteiger charge is -2.09. The van der Waals surface area contributed by atoms with Crippen LogP contribution in [-0.2, 0) is 20.7 Å². The van der Waals surface area contributed by atoms with Gasteiger partial charge in [-0.15, -0.1) is 0 Å². The molecule has 0 aliphatic carbocycles. The Labute approximate surface area is 195 Å². The van der Waals surface area contributed by atoms with E-state index in [0.29, 0.717) is 43.5 Å². The number of methoxy groups -OCH3 is 1. The van der Waals surface area contributed by atoms with Crippen molar-refractivity contribution in [2.75, 3.05) is 20.3 Å². The molecule has 3 rings (SSSR count). The van der Waals surface area contributed by atoms with Gasteiger partial charge < -0.3 is 14.8 Å². The highest BCUT2D eigenvalue weighted by molar-refractivity contribution is 6.33. The number of rotatable bonds is 7. The molecule has 9 heteroatoms. The Kier molecular flexibility index (Phi) is 7.43. The summed E-state index contributed by atoms with van der Waals surface area (Å²) in [4.78, 5) is 37.4. The first-order chi connectivity index (χ1) is 15.3. The number of hydrogen-bond acceptors (Lipinski definition) is 5. The molecule has 1 N–H and O–H groups in total. The van der Waals surface area contributed by atoms with Crippen molar-refractivity contribution in [2.24, 2.45) is 0 Å². The van der Waals surface area contributed by atoms with Gasteiger partial charge in [0.05, 0.1) is 30.7 Å². The average molecular weight is 477 g/mol. The van der Waals surface area contributed by atoms with Crippen molar-refractivity contribution in [3.05, 3.63) is 63.3 Å². The molecule has 1 amide bonds. The van der Waals surface area contributed by atoms with E-state index in [1.165, 1.54) is 11.7 Å². The summed E-state index contributed by atoms with van der Waals surface area (Å²) in [7, 11) is 1.49. The first-order valence-electron chi connectivity index (χ1n) is 9.86. The molecule has 7 nitrogen and oxygen atoms in total. The number of hydrogen-bond donors (Lipinski definition) is 1. The predicted molar refractivity (Wildman–Crippen MR) is 123 cm³/mol. The van der Waals surface area contributed by atoms with Crippen LogP contribution < -0.4 is 10.1 Å². The number of fused-ring (bicyclic) bond motifs is 1. The predicted octanol–water partition coefficient (Wildman–Crippen LogP) is 4.18. The Balaban J connectivity index is 2.05. The lowest BCUT2D eigenvalue weighted by Crippen LogP contribution is -2.31. The van der Waals surface area contributed by atoms with Crippen molar-refractivity contribution in [3.8, 4) is 5.75 Å². The van der Waals surface area contributed by atoms with Gasteiger partial charge in [-0.1, -0.05) is 23.2 Å². The van der Waals surface area contributed by atoms with E-state index in [9.17, 15) is 14.4 Å². The van der Waals surface area contributed by atoms with Crippen LogP contribution in [0.5, 0.6) is 5.75 Å². The smallest absolute Gasteiger partial charge is 0.325 e. The van der Waals surface area contributed by atoms with Crippen LogP contribution >= 0.6 is 23.2 Å². The van der Waals surface area contributed by atoms with Gasteiger partial charge in [0.2, 0.25) is 5.91 Å². The molecule has 0 bridgehead atoms. The van der Waals surface area contributed by atoms with Crippen molar-refractivity contribution in [2.45, 2.75) is 20.3 Å². The maximum absolute atomic E-state index is 13.3. The van der Waals surface area contributed by atoms with E-state index in [2.05, 4.69) is 5.32 Å². The molecule has 3 aromatic rings. The highest BCUT2D eigenvalue weighted by atomic mass is 35.5. The van der Waals surface area contributed by atoms with E-state index in [1.54, 1.807) is 50.2 Å². The Hall–Kier alpha value is -3.03. The topological polar surface area (TPSA) is 86.6 Å². The number of nitrogens with zero attached hydrogens (tertiary/aromatic N) is 1. The minimum atomic E-state index is -0.522. The second-order valence-corrected chi connectivity index (χ2v) is 7.82. The molecule has 168 valence electrons. The van der Waals surface area contributed by atoms with Gasteiger partial charge in [-0.3, -0.25) is 19.0 Å². The summed E-state index contributed by atoms with van der Waals surface area (Å²) in [5.41, 5.74) is 2.18. The van der Waals surface area contributed by atoms with Crippen molar-refractivity contribution >= 4 is 51.9 Å². The number of carbonyl (C=O) groups is 3. The summed E-state index contributed by atoms with van der Waals surface area (Å²) >= 11 is 12.3. The molecular weight excluding hydrogens is 455 g/mol. The van der Waals surface area contributed by atoms with Crippen LogP contribution in [0.2, 0.25) is 10.0 Å². The second kappa shape index (κ2) is 10.1. The molecule has 0 spiro atoms. The summed E-state index contributed by atoms with van der Waals surface area (Å²) in [6, 6.07) is 9.87. The zero-order chi connectivity index (χ0) is 23.4. The van der Waals surface area contributed by atoms with Crippen molar-refractivity contribution in [1.82, 2.24) is 9.88 Å². The molecule has 0 aliphatic rings. The van der Waals surface area contributed by atoms with E-state index >= 15 is 0 Å². The number of amides is 1. The Bertz CT molecular complexity index is 1190. The van der Waals surface area contributed by atoms with Crippen molar-refractivity contribution in [1.29, 1.82) is 0 Å². The minimum absolute atomic E-state index is 0.0482. The number of ether oxygens (including phenoxy) is 2. The molecule has 1 heterocycles. The van der Waals surface area contributed by atoms with Gasteiger partial charge in [0.15, 0.2) is 0 Å². The minimum Gasteiger partial charge on any atom is -0.495 e. The maximum Gasteiger partial charge on any atom is 0.325 e. The zero-order valence-electron chi connectivity index (χ0n) is 17.8. The zero-order valence-corrected chi connectivity index (χ0v) is 19.3. The summed E-state index contributed by atoms with van der Waals surface area (Å²) in [6.07, 6.45) is -0.0482. The summed E-state index contributed by atoms with van der Waals surface area (Å²) in [5, 5.41) is 4.05. The highest BCUT2D eigenvalue weighted by Gasteiger charge is 2.23. The molecule has 0 aliphatic heterocycles. The van der Waals surface area contributed by atoms with Crippen molar-refractivity contribution in [3.63, 3.8) is 0 Å².